The highest BCUT2D eigenvalue weighted by Crippen LogP contribution is 2.30. The minimum atomic E-state index is -0.745. The summed E-state index contributed by atoms with van der Waals surface area (Å²) in [6.45, 7) is 5.39. The lowest BCUT2D eigenvalue weighted by molar-refractivity contribution is -0.136. The minimum Gasteiger partial charge on any atom is -0.481 e. The van der Waals surface area contributed by atoms with Crippen LogP contribution in [0.25, 0.3) is 27.3 Å². The van der Waals surface area contributed by atoms with Crippen LogP contribution >= 0.6 is 22.9 Å². The number of rotatable bonds is 5. The van der Waals surface area contributed by atoms with Gasteiger partial charge in [-0.15, -0.1) is 11.3 Å². The first kappa shape index (κ1) is 25.1. The van der Waals surface area contributed by atoms with Gasteiger partial charge >= 0.3 is 5.97 Å². The molecular weight excluding hydrogens is 504 g/mol. The van der Waals surface area contributed by atoms with E-state index in [2.05, 4.69) is 25.3 Å². The van der Waals surface area contributed by atoms with Crippen LogP contribution in [-0.4, -0.2) is 40.4 Å². The molecule has 5 rings (SSSR count). The number of carbonyl (C=O) groups is 1. The number of halogens is 1. The fourth-order valence-electron chi connectivity index (χ4n) is 3.55. The van der Waals surface area contributed by atoms with Gasteiger partial charge in [0.15, 0.2) is 16.4 Å². The number of hydrogen-bond donors (Lipinski definition) is 4. The lowest BCUT2D eigenvalue weighted by Crippen LogP contribution is -2.23. The third kappa shape index (κ3) is 4.99. The molecule has 5 N–H and O–H groups in total. The number of aliphatic carboxylic acids is 1. The summed E-state index contributed by atoms with van der Waals surface area (Å²) in [5.74, 6) is -0.166. The normalized spacial score (nSPS) is 11.8. The van der Waals surface area contributed by atoms with E-state index in [-0.39, 0.29) is 24.0 Å². The number of nitrogens with two attached hydrogens (primary N) is 1. The Morgan fingerprint density at radius 1 is 1.33 bits per heavy atom. The Hall–Kier alpha value is -4.03. The van der Waals surface area contributed by atoms with Gasteiger partial charge < -0.3 is 21.1 Å². The Balaban J connectivity index is 0.000000556. The lowest BCUT2D eigenvalue weighted by atomic mass is 10.0. The number of benzene rings is 1. The molecule has 0 saturated carbocycles. The standard InChI is InChI=1S/C20H17ClN8OS.C3H6O2/c1-9-7-31-20-26-14(13(18(30)29(9)20)11-4-3-5-12(21)6-11)10(2)25-17-15-16(24-8-23-15)27-19(22)28-17;1-2-3(4)5/h3-8,10H,1-2H3,(H4,22,23,24,25,27,28);2H2,1H3,(H,4,5). The topological polar surface area (TPSA) is 164 Å². The highest BCUT2D eigenvalue weighted by atomic mass is 35.5. The molecule has 1 atom stereocenters. The van der Waals surface area contributed by atoms with Gasteiger partial charge in [-0.25, -0.2) is 9.97 Å². The van der Waals surface area contributed by atoms with Crippen molar-refractivity contribution in [2.45, 2.75) is 33.2 Å². The Labute approximate surface area is 214 Å². The molecule has 36 heavy (non-hydrogen) atoms. The molecular formula is C23H23ClN8O3S. The summed E-state index contributed by atoms with van der Waals surface area (Å²) >= 11 is 7.64. The van der Waals surface area contributed by atoms with Crippen LogP contribution in [0.15, 0.2) is 40.8 Å². The molecule has 0 saturated heterocycles. The van der Waals surface area contributed by atoms with E-state index in [0.29, 0.717) is 43.8 Å². The maximum absolute atomic E-state index is 13.5. The average molecular weight is 527 g/mol. The van der Waals surface area contributed by atoms with Crippen molar-refractivity contribution in [3.8, 4) is 11.1 Å². The number of hydrogen-bond acceptors (Lipinski definition) is 9. The molecule has 13 heteroatoms. The van der Waals surface area contributed by atoms with Gasteiger partial charge in [-0.05, 0) is 31.5 Å². The van der Waals surface area contributed by atoms with Crippen molar-refractivity contribution in [3.63, 3.8) is 0 Å². The van der Waals surface area contributed by atoms with Gasteiger partial charge in [0.05, 0.1) is 23.6 Å². The van der Waals surface area contributed by atoms with Crippen LogP contribution < -0.4 is 16.6 Å². The van der Waals surface area contributed by atoms with Gasteiger partial charge in [0.2, 0.25) is 5.95 Å². The number of carboxylic acids is 1. The molecule has 0 fully saturated rings. The van der Waals surface area contributed by atoms with Crippen molar-refractivity contribution in [3.05, 3.63) is 62.7 Å². The fourth-order valence-corrected chi connectivity index (χ4v) is 4.61. The zero-order valence-electron chi connectivity index (χ0n) is 19.6. The molecule has 0 bridgehead atoms. The van der Waals surface area contributed by atoms with Crippen LogP contribution in [0, 0.1) is 6.92 Å². The summed E-state index contributed by atoms with van der Waals surface area (Å²) in [5.41, 5.74) is 9.35. The van der Waals surface area contributed by atoms with Crippen LogP contribution in [0.1, 0.15) is 37.7 Å². The van der Waals surface area contributed by atoms with Gasteiger partial charge in [-0.3, -0.25) is 14.0 Å². The summed E-state index contributed by atoms with van der Waals surface area (Å²) in [6, 6.07) is 6.82. The van der Waals surface area contributed by atoms with Crippen LogP contribution in [0.5, 0.6) is 0 Å². The maximum atomic E-state index is 13.5. The zero-order valence-corrected chi connectivity index (χ0v) is 21.2. The van der Waals surface area contributed by atoms with Gasteiger partial charge in [0.25, 0.3) is 5.56 Å². The van der Waals surface area contributed by atoms with E-state index < -0.39 is 5.97 Å². The average Bonchev–Trinajstić information content (AvgIpc) is 3.46. The molecule has 0 spiro atoms. The summed E-state index contributed by atoms with van der Waals surface area (Å²) in [7, 11) is 0. The quantitative estimate of drug-likeness (QED) is 0.261. The Bertz CT molecular complexity index is 1630. The summed E-state index contributed by atoms with van der Waals surface area (Å²) < 4.78 is 1.62. The summed E-state index contributed by atoms with van der Waals surface area (Å²) in [5, 5.41) is 13.5. The number of aromatic nitrogens is 6. The van der Waals surface area contributed by atoms with Gasteiger partial charge in [-0.1, -0.05) is 30.7 Å². The molecule has 0 amide bonds. The number of H-pyrrole nitrogens is 1. The first-order valence-electron chi connectivity index (χ1n) is 10.9. The molecule has 4 aromatic heterocycles. The summed E-state index contributed by atoms with van der Waals surface area (Å²) in [4.78, 5) is 43.9. The molecule has 1 unspecified atom stereocenters. The highest BCUT2D eigenvalue weighted by Gasteiger charge is 2.22. The first-order valence-corrected chi connectivity index (χ1v) is 12.2. The van der Waals surface area contributed by atoms with E-state index in [0.717, 1.165) is 5.69 Å². The van der Waals surface area contributed by atoms with Gasteiger partial charge in [-0.2, -0.15) is 9.97 Å². The van der Waals surface area contributed by atoms with E-state index >= 15 is 0 Å². The number of fused-ring (bicyclic) bond motifs is 2. The number of imidazole rings is 1. The smallest absolute Gasteiger partial charge is 0.303 e. The monoisotopic (exact) mass is 526 g/mol. The Morgan fingerprint density at radius 2 is 2.08 bits per heavy atom. The Morgan fingerprint density at radius 3 is 2.78 bits per heavy atom. The second-order valence-electron chi connectivity index (χ2n) is 7.83. The number of anilines is 2. The van der Waals surface area contributed by atoms with E-state index in [4.69, 9.17) is 27.4 Å². The number of thiazole rings is 1. The lowest BCUT2D eigenvalue weighted by Gasteiger charge is -2.18. The van der Waals surface area contributed by atoms with Crippen molar-refractivity contribution in [1.29, 1.82) is 0 Å². The molecule has 1 aromatic carbocycles. The van der Waals surface area contributed by atoms with Gasteiger partial charge in [0.1, 0.15) is 5.52 Å². The van der Waals surface area contributed by atoms with E-state index in [9.17, 15) is 9.59 Å². The Kier molecular flexibility index (Phi) is 7.17. The number of nitrogens with one attached hydrogen (secondary N) is 2. The molecule has 0 radical (unpaired) electrons. The SMILES string of the molecule is CCC(=O)O.Cc1csc2nc(C(C)Nc3nc(N)nc4nc[nH]c34)c(-c3cccc(Cl)c3)c(=O)n12. The predicted octanol–water partition coefficient (Wildman–Crippen LogP) is 4.29. The second-order valence-corrected chi connectivity index (χ2v) is 9.10. The molecule has 5 aromatic rings. The molecule has 4 heterocycles. The second kappa shape index (κ2) is 10.3. The van der Waals surface area contributed by atoms with Crippen molar-refractivity contribution >= 4 is 56.8 Å². The number of aromatic amines is 1. The molecule has 186 valence electrons. The minimum absolute atomic E-state index is 0.0988. The number of carboxylic acid groups (broad SMARTS) is 1. The number of aryl methyl sites for hydroxylation is 1. The zero-order chi connectivity index (χ0) is 26.0. The summed E-state index contributed by atoms with van der Waals surface area (Å²) in [6.07, 6.45) is 1.75. The van der Waals surface area contributed by atoms with Crippen LogP contribution in [0.3, 0.4) is 0 Å². The van der Waals surface area contributed by atoms with Crippen molar-refractivity contribution < 1.29 is 9.90 Å². The maximum Gasteiger partial charge on any atom is 0.303 e. The van der Waals surface area contributed by atoms with E-state index in [1.807, 2.05) is 31.4 Å². The van der Waals surface area contributed by atoms with Crippen molar-refractivity contribution in [2.75, 3.05) is 11.1 Å². The first-order chi connectivity index (χ1) is 17.2. The van der Waals surface area contributed by atoms with Crippen LogP contribution in [0.2, 0.25) is 5.02 Å². The largest absolute Gasteiger partial charge is 0.481 e. The molecule has 0 aliphatic carbocycles. The van der Waals surface area contributed by atoms with Crippen LogP contribution in [0.4, 0.5) is 11.8 Å². The van der Waals surface area contributed by atoms with E-state index in [1.54, 1.807) is 23.5 Å². The fraction of sp³-hybridized carbons (Fsp3) is 0.217. The third-order valence-electron chi connectivity index (χ3n) is 5.25. The molecule has 11 nitrogen and oxygen atoms in total. The number of nitrogen functional groups attached to an aromatic ring is 1. The van der Waals surface area contributed by atoms with Crippen molar-refractivity contribution in [1.82, 2.24) is 29.3 Å². The van der Waals surface area contributed by atoms with E-state index in [1.165, 1.54) is 17.7 Å². The molecule has 0 aliphatic heterocycles. The van der Waals surface area contributed by atoms with Crippen LogP contribution in [-0.2, 0) is 4.79 Å². The van der Waals surface area contributed by atoms with Gasteiger partial charge in [0, 0.05) is 22.5 Å². The highest BCUT2D eigenvalue weighted by molar-refractivity contribution is 7.15. The third-order valence-corrected chi connectivity index (χ3v) is 6.43. The van der Waals surface area contributed by atoms with Crippen molar-refractivity contribution in [2.24, 2.45) is 0 Å². The molecule has 0 aliphatic rings. The number of nitrogens with zero attached hydrogens (tertiary/aromatic N) is 5. The predicted molar refractivity (Wildman–Crippen MR) is 141 cm³/mol.